The first-order valence-electron chi connectivity index (χ1n) is 6.40. The summed E-state index contributed by atoms with van der Waals surface area (Å²) in [5, 5.41) is 3.40. The fourth-order valence-corrected chi connectivity index (χ4v) is 2.11. The zero-order valence-corrected chi connectivity index (χ0v) is 11.5. The number of amides is 1. The van der Waals surface area contributed by atoms with E-state index >= 15 is 0 Å². The number of hydrogen-bond acceptors (Lipinski definition) is 2. The Labute approximate surface area is 99.6 Å². The van der Waals surface area contributed by atoms with E-state index in [0.29, 0.717) is 11.8 Å². The molecular formula is C13H26N2O. The summed E-state index contributed by atoms with van der Waals surface area (Å²) in [6, 6.07) is 0. The lowest BCUT2D eigenvalue weighted by Crippen LogP contribution is -2.43. The monoisotopic (exact) mass is 226 g/mol. The molecule has 94 valence electrons. The van der Waals surface area contributed by atoms with Crippen LogP contribution in [-0.4, -0.2) is 29.1 Å². The second kappa shape index (κ2) is 4.74. The smallest absolute Gasteiger partial charge is 0.243 e. The second-order valence-electron chi connectivity index (χ2n) is 5.68. The zero-order chi connectivity index (χ0) is 12.5. The van der Waals surface area contributed by atoms with Crippen molar-refractivity contribution in [1.29, 1.82) is 0 Å². The quantitative estimate of drug-likeness (QED) is 0.797. The van der Waals surface area contributed by atoms with E-state index in [1.54, 1.807) is 0 Å². The highest BCUT2D eigenvalue weighted by Gasteiger charge is 2.45. The Hall–Kier alpha value is -0.570. The predicted octanol–water partition coefficient (Wildman–Crippen LogP) is 2.23. The maximum absolute atomic E-state index is 12.3. The molecule has 0 spiro atoms. The molecule has 1 aliphatic rings. The Bertz CT molecular complexity index is 265. The summed E-state index contributed by atoms with van der Waals surface area (Å²) in [4.78, 5) is 14.3. The van der Waals surface area contributed by atoms with Crippen LogP contribution >= 0.6 is 0 Å². The van der Waals surface area contributed by atoms with Crippen molar-refractivity contribution in [2.45, 2.75) is 59.7 Å². The largest absolute Gasteiger partial charge is 0.326 e. The molecule has 0 saturated carbocycles. The average Bonchev–Trinajstić information content (AvgIpc) is 2.42. The lowest BCUT2D eigenvalue weighted by atomic mass is 9.96. The first-order chi connectivity index (χ1) is 7.31. The van der Waals surface area contributed by atoms with Crippen LogP contribution < -0.4 is 5.32 Å². The van der Waals surface area contributed by atoms with Gasteiger partial charge >= 0.3 is 0 Å². The number of carbonyl (C=O) groups is 1. The molecule has 0 bridgehead atoms. The summed E-state index contributed by atoms with van der Waals surface area (Å²) in [6.45, 7) is 13.6. The van der Waals surface area contributed by atoms with Gasteiger partial charge in [-0.1, -0.05) is 27.7 Å². The molecule has 3 unspecified atom stereocenters. The van der Waals surface area contributed by atoms with Gasteiger partial charge in [0.25, 0.3) is 0 Å². The third-order valence-corrected chi connectivity index (χ3v) is 4.06. The van der Waals surface area contributed by atoms with Gasteiger partial charge in [0.05, 0.1) is 11.7 Å². The van der Waals surface area contributed by atoms with Crippen molar-refractivity contribution in [2.75, 3.05) is 6.54 Å². The topological polar surface area (TPSA) is 32.3 Å². The maximum Gasteiger partial charge on any atom is 0.243 e. The van der Waals surface area contributed by atoms with Crippen LogP contribution in [0.3, 0.4) is 0 Å². The molecule has 0 aromatic heterocycles. The molecule has 3 nitrogen and oxygen atoms in total. The van der Waals surface area contributed by atoms with E-state index in [-0.39, 0.29) is 17.6 Å². The van der Waals surface area contributed by atoms with Gasteiger partial charge in [0.15, 0.2) is 0 Å². The van der Waals surface area contributed by atoms with E-state index in [0.717, 1.165) is 13.0 Å². The summed E-state index contributed by atoms with van der Waals surface area (Å²) < 4.78 is 0. The van der Waals surface area contributed by atoms with Gasteiger partial charge in [-0.05, 0) is 32.1 Å². The molecule has 0 radical (unpaired) electrons. The first kappa shape index (κ1) is 13.5. The highest BCUT2D eigenvalue weighted by Crippen LogP contribution is 2.25. The Morgan fingerprint density at radius 2 is 2.00 bits per heavy atom. The normalized spacial score (nSPS) is 32.6. The molecule has 1 fully saturated rings. The minimum atomic E-state index is -0.351. The summed E-state index contributed by atoms with van der Waals surface area (Å²) in [6.07, 6.45) is 1.02. The summed E-state index contributed by atoms with van der Waals surface area (Å²) in [5.74, 6) is 1.43. The highest BCUT2D eigenvalue weighted by atomic mass is 16.2. The molecule has 3 atom stereocenters. The minimum Gasteiger partial charge on any atom is -0.326 e. The maximum atomic E-state index is 12.3. The zero-order valence-electron chi connectivity index (χ0n) is 11.5. The van der Waals surface area contributed by atoms with Gasteiger partial charge in [-0.2, -0.15) is 0 Å². The molecule has 1 saturated heterocycles. The van der Waals surface area contributed by atoms with Crippen molar-refractivity contribution >= 4 is 5.91 Å². The summed E-state index contributed by atoms with van der Waals surface area (Å²) in [7, 11) is 0. The van der Waals surface area contributed by atoms with E-state index < -0.39 is 0 Å². The minimum absolute atomic E-state index is 0.165. The molecular weight excluding hydrogens is 200 g/mol. The van der Waals surface area contributed by atoms with Gasteiger partial charge in [-0.15, -0.1) is 0 Å². The van der Waals surface area contributed by atoms with Crippen LogP contribution in [0.5, 0.6) is 0 Å². The van der Waals surface area contributed by atoms with Gasteiger partial charge in [-0.25, -0.2) is 0 Å². The van der Waals surface area contributed by atoms with E-state index in [4.69, 9.17) is 0 Å². The Morgan fingerprint density at radius 1 is 1.44 bits per heavy atom. The summed E-state index contributed by atoms with van der Waals surface area (Å²) in [5.41, 5.74) is -0.351. The van der Waals surface area contributed by atoms with Crippen LogP contribution in [0.25, 0.3) is 0 Å². The molecule has 1 N–H and O–H groups in total. The van der Waals surface area contributed by atoms with Crippen LogP contribution in [0.2, 0.25) is 0 Å². The molecule has 0 aliphatic carbocycles. The number of nitrogens with zero attached hydrogens (tertiary/aromatic N) is 1. The van der Waals surface area contributed by atoms with Crippen molar-refractivity contribution in [3.05, 3.63) is 0 Å². The van der Waals surface area contributed by atoms with Crippen LogP contribution in [-0.2, 0) is 4.79 Å². The molecule has 1 heterocycles. The SMILES string of the molecule is CCC1(C)NC(C)N(CC(C)C(C)C)C1=O. The van der Waals surface area contributed by atoms with Gasteiger partial charge in [0.2, 0.25) is 5.91 Å². The Kier molecular flexibility index (Phi) is 4.00. The van der Waals surface area contributed by atoms with Crippen LogP contribution in [0.4, 0.5) is 0 Å². The molecule has 1 aliphatic heterocycles. The van der Waals surface area contributed by atoms with E-state index in [9.17, 15) is 4.79 Å². The average molecular weight is 226 g/mol. The van der Waals surface area contributed by atoms with Crippen molar-refractivity contribution in [1.82, 2.24) is 10.2 Å². The van der Waals surface area contributed by atoms with E-state index in [1.807, 2.05) is 11.8 Å². The molecule has 16 heavy (non-hydrogen) atoms. The second-order valence-corrected chi connectivity index (χ2v) is 5.68. The van der Waals surface area contributed by atoms with E-state index in [2.05, 4.69) is 39.9 Å². The first-order valence-corrected chi connectivity index (χ1v) is 6.40. The lowest BCUT2D eigenvalue weighted by molar-refractivity contribution is -0.133. The number of nitrogens with one attached hydrogen (secondary N) is 1. The molecule has 1 amide bonds. The Morgan fingerprint density at radius 3 is 2.38 bits per heavy atom. The number of rotatable bonds is 4. The van der Waals surface area contributed by atoms with Crippen molar-refractivity contribution in [2.24, 2.45) is 11.8 Å². The van der Waals surface area contributed by atoms with Crippen LogP contribution in [0, 0.1) is 11.8 Å². The predicted molar refractivity (Wildman–Crippen MR) is 67.0 cm³/mol. The lowest BCUT2D eigenvalue weighted by Gasteiger charge is -2.27. The third kappa shape index (κ3) is 2.40. The van der Waals surface area contributed by atoms with Crippen LogP contribution in [0.1, 0.15) is 48.0 Å². The van der Waals surface area contributed by atoms with Crippen molar-refractivity contribution in [3.8, 4) is 0 Å². The molecule has 0 aromatic carbocycles. The highest BCUT2D eigenvalue weighted by molar-refractivity contribution is 5.88. The van der Waals surface area contributed by atoms with Crippen molar-refractivity contribution in [3.63, 3.8) is 0 Å². The van der Waals surface area contributed by atoms with Gasteiger partial charge < -0.3 is 4.90 Å². The molecule has 3 heteroatoms. The fourth-order valence-electron chi connectivity index (χ4n) is 2.11. The van der Waals surface area contributed by atoms with E-state index in [1.165, 1.54) is 0 Å². The van der Waals surface area contributed by atoms with Gasteiger partial charge in [0.1, 0.15) is 0 Å². The van der Waals surface area contributed by atoms with Crippen molar-refractivity contribution < 1.29 is 4.79 Å². The third-order valence-electron chi connectivity index (χ3n) is 4.06. The van der Waals surface area contributed by atoms with Crippen LogP contribution in [0.15, 0.2) is 0 Å². The molecule has 0 aromatic rings. The standard InChI is InChI=1S/C13H26N2O/c1-7-13(6)12(16)15(11(5)14-13)8-10(4)9(2)3/h9-11,14H,7-8H2,1-6H3. The Balaban J connectivity index is 2.72. The number of carbonyl (C=O) groups excluding carboxylic acids is 1. The molecule has 1 rings (SSSR count). The fraction of sp³-hybridized carbons (Fsp3) is 0.923. The van der Waals surface area contributed by atoms with Gasteiger partial charge in [0, 0.05) is 6.54 Å². The summed E-state index contributed by atoms with van der Waals surface area (Å²) >= 11 is 0. The van der Waals surface area contributed by atoms with Gasteiger partial charge in [-0.3, -0.25) is 10.1 Å². The number of hydrogen-bond donors (Lipinski definition) is 1.